The largest absolute Gasteiger partial charge is 0.324 e. The number of hydrogen-bond donors (Lipinski definition) is 1. The van der Waals surface area contributed by atoms with Crippen molar-refractivity contribution in [3.8, 4) is 0 Å². The number of nitrogens with zero attached hydrogens (tertiary/aromatic N) is 2. The van der Waals surface area contributed by atoms with Crippen molar-refractivity contribution in [3.63, 3.8) is 0 Å². The topological polar surface area (TPSA) is 69.7 Å². The Balaban J connectivity index is 2.56. The Hall–Kier alpha value is -1.44. The van der Waals surface area contributed by atoms with Crippen LogP contribution in [0.4, 0.5) is 5.69 Å². The lowest BCUT2D eigenvalue weighted by molar-refractivity contribution is -0.121. The number of fused-ring (bicyclic) bond motifs is 1. The Morgan fingerprint density at radius 3 is 2.48 bits per heavy atom. The van der Waals surface area contributed by atoms with Gasteiger partial charge in [0.15, 0.2) is 0 Å². The number of anilines is 1. The fourth-order valence-electron chi connectivity index (χ4n) is 2.45. The molecule has 1 amide bonds. The van der Waals surface area contributed by atoms with Gasteiger partial charge in [0.1, 0.15) is 6.04 Å². The summed E-state index contributed by atoms with van der Waals surface area (Å²) in [7, 11) is -0.740. The first-order valence-corrected chi connectivity index (χ1v) is 8.23. The third-order valence-corrected chi connectivity index (χ3v) is 5.44. The zero-order valence-corrected chi connectivity index (χ0v) is 13.5. The number of carbonyl (C=O) groups excluding carboxylic acids is 1. The minimum absolute atomic E-state index is 0.131. The van der Waals surface area contributed by atoms with E-state index >= 15 is 0 Å². The minimum Gasteiger partial charge on any atom is -0.324 e. The van der Waals surface area contributed by atoms with Crippen molar-refractivity contribution < 1.29 is 13.2 Å². The number of amides is 1. The van der Waals surface area contributed by atoms with Crippen molar-refractivity contribution in [1.29, 1.82) is 0 Å². The number of nitrogens with one attached hydrogen (secondary N) is 1. The molecule has 6 nitrogen and oxygen atoms in total. The molecule has 0 saturated heterocycles. The molecule has 0 aromatic heterocycles. The first-order valence-electron chi connectivity index (χ1n) is 6.83. The third kappa shape index (κ3) is 2.95. The summed E-state index contributed by atoms with van der Waals surface area (Å²) >= 11 is 0. The van der Waals surface area contributed by atoms with E-state index in [-0.39, 0.29) is 18.4 Å². The normalized spacial score (nSPS) is 20.3. The van der Waals surface area contributed by atoms with Gasteiger partial charge in [-0.25, -0.2) is 0 Å². The molecular formula is C14H21N3O3S. The fraction of sp³-hybridized carbons (Fsp3) is 0.500. The van der Waals surface area contributed by atoms with E-state index in [1.54, 1.807) is 6.07 Å². The quantitative estimate of drug-likeness (QED) is 0.914. The number of para-hydroxylation sites is 1. The summed E-state index contributed by atoms with van der Waals surface area (Å²) in [6.07, 6.45) is 0. The highest BCUT2D eigenvalue weighted by atomic mass is 32.2. The summed E-state index contributed by atoms with van der Waals surface area (Å²) < 4.78 is 27.6. The van der Waals surface area contributed by atoms with E-state index in [1.165, 1.54) is 18.4 Å². The fourth-order valence-corrected chi connectivity index (χ4v) is 3.80. The van der Waals surface area contributed by atoms with E-state index in [2.05, 4.69) is 5.32 Å². The lowest BCUT2D eigenvalue weighted by Gasteiger charge is -2.32. The number of rotatable bonds is 3. The molecule has 1 aliphatic heterocycles. The number of carbonyl (C=O) groups is 1. The van der Waals surface area contributed by atoms with Crippen LogP contribution in [0.5, 0.6) is 0 Å². The van der Waals surface area contributed by atoms with Crippen LogP contribution in [0.2, 0.25) is 0 Å². The summed E-state index contributed by atoms with van der Waals surface area (Å²) in [5, 5.41) is 2.83. The molecule has 0 unspecified atom stereocenters. The van der Waals surface area contributed by atoms with E-state index in [0.717, 1.165) is 9.87 Å². The van der Waals surface area contributed by atoms with Crippen molar-refractivity contribution in [1.82, 2.24) is 8.61 Å². The second kappa shape index (κ2) is 5.75. The van der Waals surface area contributed by atoms with Crippen LogP contribution < -0.4 is 5.32 Å². The Morgan fingerprint density at radius 1 is 1.29 bits per heavy atom. The molecular weight excluding hydrogens is 290 g/mol. The summed E-state index contributed by atoms with van der Waals surface area (Å²) in [4.78, 5) is 12.5. The summed E-state index contributed by atoms with van der Waals surface area (Å²) in [6.45, 7) is 3.87. The molecule has 0 saturated carbocycles. The highest BCUT2D eigenvalue weighted by Gasteiger charge is 2.40. The Labute approximate surface area is 125 Å². The lowest BCUT2D eigenvalue weighted by Crippen LogP contribution is -2.51. The van der Waals surface area contributed by atoms with Crippen molar-refractivity contribution >= 4 is 21.8 Å². The molecule has 1 aromatic rings. The van der Waals surface area contributed by atoms with E-state index in [0.29, 0.717) is 5.69 Å². The standard InChI is InChI=1S/C14H21N3O3S/c1-10(2)13-14(18)15-12-8-6-5-7-11(12)9-17(13)21(19,20)16(3)4/h5-8,10,13H,9H2,1-4H3,(H,15,18)/t13-/m0/s1. The Morgan fingerprint density at radius 2 is 1.90 bits per heavy atom. The summed E-state index contributed by atoms with van der Waals surface area (Å²) in [5.41, 5.74) is 1.46. The molecule has 1 heterocycles. The monoisotopic (exact) mass is 311 g/mol. The average Bonchev–Trinajstić information content (AvgIpc) is 2.54. The number of benzene rings is 1. The molecule has 0 bridgehead atoms. The molecule has 1 atom stereocenters. The average molecular weight is 311 g/mol. The second-order valence-electron chi connectivity index (χ2n) is 5.67. The van der Waals surface area contributed by atoms with Crippen LogP contribution >= 0.6 is 0 Å². The predicted octanol–water partition coefficient (Wildman–Crippen LogP) is 1.27. The van der Waals surface area contributed by atoms with Gasteiger partial charge in [-0.1, -0.05) is 32.0 Å². The summed E-state index contributed by atoms with van der Waals surface area (Å²) in [5.74, 6) is -0.422. The van der Waals surface area contributed by atoms with E-state index in [1.807, 2.05) is 32.0 Å². The van der Waals surface area contributed by atoms with Crippen LogP contribution in [-0.2, 0) is 21.5 Å². The van der Waals surface area contributed by atoms with Crippen LogP contribution in [-0.4, -0.2) is 43.1 Å². The van der Waals surface area contributed by atoms with Gasteiger partial charge in [-0.2, -0.15) is 17.0 Å². The molecule has 2 rings (SSSR count). The maximum Gasteiger partial charge on any atom is 0.282 e. The maximum atomic E-state index is 12.6. The van der Waals surface area contributed by atoms with Crippen LogP contribution in [0.25, 0.3) is 0 Å². The minimum atomic E-state index is -3.69. The second-order valence-corrected chi connectivity index (χ2v) is 7.77. The molecule has 116 valence electrons. The number of hydrogen-bond acceptors (Lipinski definition) is 3. The molecule has 0 aliphatic carbocycles. The van der Waals surface area contributed by atoms with Gasteiger partial charge in [-0.3, -0.25) is 4.79 Å². The highest BCUT2D eigenvalue weighted by molar-refractivity contribution is 7.86. The summed E-state index contributed by atoms with van der Waals surface area (Å²) in [6, 6.07) is 6.54. The molecule has 1 N–H and O–H groups in total. The zero-order valence-electron chi connectivity index (χ0n) is 12.7. The van der Waals surface area contributed by atoms with Crippen molar-refractivity contribution in [2.45, 2.75) is 26.4 Å². The van der Waals surface area contributed by atoms with Crippen molar-refractivity contribution in [2.75, 3.05) is 19.4 Å². The van der Waals surface area contributed by atoms with Crippen LogP contribution in [0, 0.1) is 5.92 Å². The van der Waals surface area contributed by atoms with Gasteiger partial charge in [0.2, 0.25) is 5.91 Å². The molecule has 0 spiro atoms. The zero-order chi connectivity index (χ0) is 15.8. The van der Waals surface area contributed by atoms with Gasteiger partial charge in [0, 0.05) is 26.3 Å². The van der Waals surface area contributed by atoms with E-state index in [4.69, 9.17) is 0 Å². The van der Waals surface area contributed by atoms with Gasteiger partial charge >= 0.3 is 0 Å². The molecule has 1 aromatic carbocycles. The lowest BCUT2D eigenvalue weighted by atomic mass is 10.0. The molecule has 0 radical (unpaired) electrons. The molecule has 21 heavy (non-hydrogen) atoms. The molecule has 1 aliphatic rings. The highest BCUT2D eigenvalue weighted by Crippen LogP contribution is 2.28. The predicted molar refractivity (Wildman–Crippen MR) is 81.8 cm³/mol. The van der Waals surface area contributed by atoms with Gasteiger partial charge in [0.25, 0.3) is 10.2 Å². The third-order valence-electron chi connectivity index (χ3n) is 3.57. The van der Waals surface area contributed by atoms with E-state index < -0.39 is 16.3 Å². The smallest absolute Gasteiger partial charge is 0.282 e. The van der Waals surface area contributed by atoms with Gasteiger partial charge < -0.3 is 5.32 Å². The van der Waals surface area contributed by atoms with Crippen LogP contribution in [0.1, 0.15) is 19.4 Å². The molecule has 0 fully saturated rings. The van der Waals surface area contributed by atoms with Gasteiger partial charge in [-0.05, 0) is 17.5 Å². The van der Waals surface area contributed by atoms with Crippen LogP contribution in [0.15, 0.2) is 24.3 Å². The van der Waals surface area contributed by atoms with Gasteiger partial charge in [-0.15, -0.1) is 0 Å². The molecule has 7 heteroatoms. The van der Waals surface area contributed by atoms with Crippen LogP contribution in [0.3, 0.4) is 0 Å². The SMILES string of the molecule is CC(C)[C@H]1C(=O)Nc2ccccc2CN1S(=O)(=O)N(C)C. The van der Waals surface area contributed by atoms with Crippen molar-refractivity contribution in [2.24, 2.45) is 5.92 Å². The van der Waals surface area contributed by atoms with Crippen molar-refractivity contribution in [3.05, 3.63) is 29.8 Å². The Kier molecular flexibility index (Phi) is 4.36. The first kappa shape index (κ1) is 15.9. The van der Waals surface area contributed by atoms with E-state index in [9.17, 15) is 13.2 Å². The Bertz CT molecular complexity index is 641. The van der Waals surface area contributed by atoms with Gasteiger partial charge in [0.05, 0.1) is 0 Å². The first-order chi connectivity index (χ1) is 9.75. The maximum absolute atomic E-state index is 12.6.